The number of guanidine groups is 1. The van der Waals surface area contributed by atoms with Crippen molar-refractivity contribution in [2.75, 3.05) is 26.7 Å². The van der Waals surface area contributed by atoms with Crippen LogP contribution in [0.4, 0.5) is 0 Å². The van der Waals surface area contributed by atoms with Crippen molar-refractivity contribution in [2.45, 2.75) is 19.8 Å². The predicted octanol–water partition coefficient (Wildman–Crippen LogP) is 2.78. The van der Waals surface area contributed by atoms with Gasteiger partial charge in [-0.1, -0.05) is 25.1 Å². The number of benzene rings is 1. The molecule has 0 saturated heterocycles. The Morgan fingerprint density at radius 1 is 1.33 bits per heavy atom. The number of halogens is 1. The molecule has 1 aromatic heterocycles. The van der Waals surface area contributed by atoms with Crippen LogP contribution in [0.25, 0.3) is 10.9 Å². The third-order valence-electron chi connectivity index (χ3n) is 4.00. The summed E-state index contributed by atoms with van der Waals surface area (Å²) in [5.41, 5.74) is 4.06. The Balaban J connectivity index is 0.00000161. The molecule has 0 atom stereocenters. The van der Waals surface area contributed by atoms with Gasteiger partial charge in [0.25, 0.3) is 0 Å². The molecule has 2 N–H and O–H groups in total. The summed E-state index contributed by atoms with van der Waals surface area (Å²) >= 11 is 0. The Morgan fingerprint density at radius 3 is 2.90 bits per heavy atom. The Hall–Kier alpha value is -1.24. The van der Waals surface area contributed by atoms with E-state index in [0.717, 1.165) is 38.4 Å². The number of para-hydroxylation sites is 1. The molecule has 21 heavy (non-hydrogen) atoms. The molecular formula is C16H23IN4. The second kappa shape index (κ2) is 7.15. The number of aromatic amines is 1. The summed E-state index contributed by atoms with van der Waals surface area (Å²) in [6.45, 7) is 5.05. The molecule has 0 spiro atoms. The van der Waals surface area contributed by atoms with Gasteiger partial charge >= 0.3 is 0 Å². The monoisotopic (exact) mass is 398 g/mol. The quantitative estimate of drug-likeness (QED) is 0.778. The summed E-state index contributed by atoms with van der Waals surface area (Å²) in [5.74, 6) is 1.03. The van der Waals surface area contributed by atoms with Gasteiger partial charge in [-0.2, -0.15) is 0 Å². The summed E-state index contributed by atoms with van der Waals surface area (Å²) in [6, 6.07) is 6.56. The molecular weight excluding hydrogens is 375 g/mol. The van der Waals surface area contributed by atoms with Gasteiger partial charge in [0.05, 0.1) is 6.54 Å². The maximum atomic E-state index is 4.45. The first-order chi connectivity index (χ1) is 9.79. The van der Waals surface area contributed by atoms with Crippen molar-refractivity contribution in [1.29, 1.82) is 0 Å². The van der Waals surface area contributed by atoms with Crippen molar-refractivity contribution >= 4 is 40.8 Å². The summed E-state index contributed by atoms with van der Waals surface area (Å²) < 4.78 is 0. The van der Waals surface area contributed by atoms with Crippen LogP contribution in [0.2, 0.25) is 0 Å². The minimum atomic E-state index is 0. The molecule has 1 aliphatic rings. The maximum Gasteiger partial charge on any atom is 0.193 e. The van der Waals surface area contributed by atoms with Gasteiger partial charge in [-0.15, -0.1) is 24.0 Å². The average Bonchev–Trinajstić information content (AvgIpc) is 3.06. The first kappa shape index (κ1) is 16.1. The molecule has 1 aromatic carbocycles. The van der Waals surface area contributed by atoms with Gasteiger partial charge in [0, 0.05) is 37.2 Å². The molecule has 4 nitrogen and oxygen atoms in total. The molecule has 3 rings (SSSR count). The fraction of sp³-hybridized carbons (Fsp3) is 0.438. The van der Waals surface area contributed by atoms with Crippen molar-refractivity contribution in [3.05, 3.63) is 35.5 Å². The SMILES string of the molecule is CCc1cccc2c(CCNC3=NCCN3C)c[nH]c12.I. The Labute approximate surface area is 143 Å². The van der Waals surface area contributed by atoms with Crippen molar-refractivity contribution in [2.24, 2.45) is 4.99 Å². The van der Waals surface area contributed by atoms with E-state index in [9.17, 15) is 0 Å². The van der Waals surface area contributed by atoms with Gasteiger partial charge < -0.3 is 15.2 Å². The van der Waals surface area contributed by atoms with Crippen molar-refractivity contribution in [3.63, 3.8) is 0 Å². The van der Waals surface area contributed by atoms with E-state index in [2.05, 4.69) is 58.6 Å². The highest BCUT2D eigenvalue weighted by atomic mass is 127. The first-order valence-electron chi connectivity index (χ1n) is 7.37. The number of fused-ring (bicyclic) bond motifs is 1. The van der Waals surface area contributed by atoms with E-state index in [4.69, 9.17) is 0 Å². The van der Waals surface area contributed by atoms with Crippen LogP contribution in [0.5, 0.6) is 0 Å². The molecule has 114 valence electrons. The van der Waals surface area contributed by atoms with E-state index in [-0.39, 0.29) is 24.0 Å². The van der Waals surface area contributed by atoms with Crippen LogP contribution in [-0.4, -0.2) is 42.5 Å². The van der Waals surface area contributed by atoms with Gasteiger partial charge in [0.15, 0.2) is 5.96 Å². The predicted molar refractivity (Wildman–Crippen MR) is 99.7 cm³/mol. The second-order valence-corrected chi connectivity index (χ2v) is 5.31. The van der Waals surface area contributed by atoms with Crippen LogP contribution < -0.4 is 5.32 Å². The number of aromatic nitrogens is 1. The lowest BCUT2D eigenvalue weighted by Crippen LogP contribution is -2.36. The Bertz CT molecular complexity index is 632. The third-order valence-corrected chi connectivity index (χ3v) is 4.00. The minimum Gasteiger partial charge on any atom is -0.361 e. The first-order valence-corrected chi connectivity index (χ1v) is 7.37. The van der Waals surface area contributed by atoms with E-state index >= 15 is 0 Å². The lowest BCUT2D eigenvalue weighted by atomic mass is 10.1. The Morgan fingerprint density at radius 2 is 2.19 bits per heavy atom. The second-order valence-electron chi connectivity index (χ2n) is 5.31. The number of aryl methyl sites for hydroxylation is 1. The number of rotatable bonds is 4. The van der Waals surface area contributed by atoms with Crippen LogP contribution in [0, 0.1) is 0 Å². The van der Waals surface area contributed by atoms with Crippen molar-refractivity contribution in [3.8, 4) is 0 Å². The van der Waals surface area contributed by atoms with Crippen LogP contribution in [-0.2, 0) is 12.8 Å². The number of likely N-dealkylation sites (N-methyl/N-ethyl adjacent to an activating group) is 1. The zero-order chi connectivity index (χ0) is 13.9. The van der Waals surface area contributed by atoms with Crippen LogP contribution in [0.1, 0.15) is 18.1 Å². The van der Waals surface area contributed by atoms with Crippen molar-refractivity contribution in [1.82, 2.24) is 15.2 Å². The summed E-state index contributed by atoms with van der Waals surface area (Å²) in [5, 5.41) is 4.78. The molecule has 1 aliphatic heterocycles. The third kappa shape index (κ3) is 3.33. The molecule has 0 amide bonds. The number of aliphatic imine (C=N–C) groups is 1. The average molecular weight is 398 g/mol. The number of nitrogens with zero attached hydrogens (tertiary/aromatic N) is 2. The number of hydrogen-bond acceptors (Lipinski definition) is 3. The van der Waals surface area contributed by atoms with Crippen molar-refractivity contribution < 1.29 is 0 Å². The minimum absolute atomic E-state index is 0. The highest BCUT2D eigenvalue weighted by Gasteiger charge is 2.12. The van der Waals surface area contributed by atoms with Gasteiger partial charge in [0.2, 0.25) is 0 Å². The zero-order valence-electron chi connectivity index (χ0n) is 12.6. The number of H-pyrrole nitrogens is 1. The van der Waals surface area contributed by atoms with E-state index < -0.39 is 0 Å². The summed E-state index contributed by atoms with van der Waals surface area (Å²) in [6.07, 6.45) is 4.23. The van der Waals surface area contributed by atoms with Gasteiger partial charge in [-0.25, -0.2) is 0 Å². The Kier molecular flexibility index (Phi) is 5.50. The zero-order valence-corrected chi connectivity index (χ0v) is 15.0. The molecule has 0 aliphatic carbocycles. The van der Waals surface area contributed by atoms with Crippen LogP contribution >= 0.6 is 24.0 Å². The fourth-order valence-corrected chi connectivity index (χ4v) is 2.81. The number of nitrogens with one attached hydrogen (secondary N) is 2. The maximum absolute atomic E-state index is 4.45. The topological polar surface area (TPSA) is 43.4 Å². The normalized spacial score (nSPS) is 14.2. The highest BCUT2D eigenvalue weighted by Crippen LogP contribution is 2.22. The van der Waals surface area contributed by atoms with E-state index in [1.165, 1.54) is 22.0 Å². The van der Waals surface area contributed by atoms with E-state index in [1.54, 1.807) is 0 Å². The molecule has 5 heteroatoms. The summed E-state index contributed by atoms with van der Waals surface area (Å²) in [7, 11) is 2.08. The van der Waals surface area contributed by atoms with E-state index in [0.29, 0.717) is 0 Å². The lowest BCUT2D eigenvalue weighted by molar-refractivity contribution is 0.534. The fourth-order valence-electron chi connectivity index (χ4n) is 2.81. The molecule has 2 heterocycles. The van der Waals surface area contributed by atoms with Crippen LogP contribution in [0.3, 0.4) is 0 Å². The van der Waals surface area contributed by atoms with E-state index in [1.807, 2.05) is 0 Å². The van der Waals surface area contributed by atoms with Crippen LogP contribution in [0.15, 0.2) is 29.4 Å². The van der Waals surface area contributed by atoms with Gasteiger partial charge in [0.1, 0.15) is 0 Å². The lowest BCUT2D eigenvalue weighted by Gasteiger charge is -2.14. The molecule has 0 unspecified atom stereocenters. The molecule has 0 radical (unpaired) electrons. The van der Waals surface area contributed by atoms with Gasteiger partial charge in [-0.3, -0.25) is 4.99 Å². The van der Waals surface area contributed by atoms with Gasteiger partial charge in [-0.05, 0) is 24.0 Å². The molecule has 0 fully saturated rings. The standard InChI is InChI=1S/C16H22N4.HI/c1-3-12-5-4-6-14-13(11-19-15(12)14)7-8-17-16-18-9-10-20(16)2;/h4-6,11,19H,3,7-10H2,1-2H3,(H,17,18);1H. The molecule has 0 saturated carbocycles. The summed E-state index contributed by atoms with van der Waals surface area (Å²) in [4.78, 5) is 10.0. The largest absolute Gasteiger partial charge is 0.361 e. The molecule has 0 bridgehead atoms. The smallest absolute Gasteiger partial charge is 0.193 e. The highest BCUT2D eigenvalue weighted by molar-refractivity contribution is 14.0. The number of hydrogen-bond donors (Lipinski definition) is 2. The molecule has 2 aromatic rings.